The second kappa shape index (κ2) is 4.92. The number of aryl methyl sites for hydroxylation is 1. The van der Waals surface area contributed by atoms with E-state index in [1.165, 1.54) is 6.07 Å². The zero-order valence-corrected chi connectivity index (χ0v) is 11.1. The SMILES string of the molecule is Cc1ccc(NC(=O)C2CC2)nc1-c1ccc(=O)[nH]c1. The molecule has 0 atom stereocenters. The van der Waals surface area contributed by atoms with Crippen molar-refractivity contribution < 1.29 is 4.79 Å². The number of amides is 1. The molecule has 1 saturated carbocycles. The lowest BCUT2D eigenvalue weighted by Gasteiger charge is -2.09. The van der Waals surface area contributed by atoms with Gasteiger partial charge < -0.3 is 10.3 Å². The highest BCUT2D eigenvalue weighted by Gasteiger charge is 2.29. The Hall–Kier alpha value is -2.43. The van der Waals surface area contributed by atoms with Crippen molar-refractivity contribution in [1.82, 2.24) is 9.97 Å². The van der Waals surface area contributed by atoms with E-state index in [-0.39, 0.29) is 17.4 Å². The Morgan fingerprint density at radius 3 is 2.75 bits per heavy atom. The first-order chi connectivity index (χ1) is 9.63. The van der Waals surface area contributed by atoms with Crippen molar-refractivity contribution in [3.8, 4) is 11.3 Å². The van der Waals surface area contributed by atoms with Crippen molar-refractivity contribution in [2.24, 2.45) is 5.92 Å². The number of nitrogens with zero attached hydrogens (tertiary/aromatic N) is 1. The third-order valence-electron chi connectivity index (χ3n) is 3.35. The molecular formula is C15H15N3O2. The van der Waals surface area contributed by atoms with Crippen molar-refractivity contribution in [2.45, 2.75) is 19.8 Å². The lowest BCUT2D eigenvalue weighted by molar-refractivity contribution is -0.117. The molecule has 1 aliphatic carbocycles. The van der Waals surface area contributed by atoms with Gasteiger partial charge >= 0.3 is 0 Å². The molecule has 2 N–H and O–H groups in total. The molecule has 5 heteroatoms. The van der Waals surface area contributed by atoms with Gasteiger partial charge in [-0.2, -0.15) is 0 Å². The molecule has 5 nitrogen and oxygen atoms in total. The third-order valence-corrected chi connectivity index (χ3v) is 3.35. The zero-order valence-electron chi connectivity index (χ0n) is 11.1. The summed E-state index contributed by atoms with van der Waals surface area (Å²) in [4.78, 5) is 30.0. The van der Waals surface area contributed by atoms with E-state index >= 15 is 0 Å². The molecule has 1 fully saturated rings. The number of pyridine rings is 2. The molecule has 3 rings (SSSR count). The summed E-state index contributed by atoms with van der Waals surface area (Å²) in [5.41, 5.74) is 2.42. The Morgan fingerprint density at radius 2 is 2.10 bits per heavy atom. The van der Waals surface area contributed by atoms with Gasteiger partial charge in [-0.1, -0.05) is 6.07 Å². The van der Waals surface area contributed by atoms with Gasteiger partial charge in [-0.15, -0.1) is 0 Å². The van der Waals surface area contributed by atoms with Crippen LogP contribution in [0, 0.1) is 12.8 Å². The summed E-state index contributed by atoms with van der Waals surface area (Å²) >= 11 is 0. The summed E-state index contributed by atoms with van der Waals surface area (Å²) in [6.07, 6.45) is 3.55. The Morgan fingerprint density at radius 1 is 1.30 bits per heavy atom. The first kappa shape index (κ1) is 12.6. The van der Waals surface area contributed by atoms with Gasteiger partial charge in [-0.3, -0.25) is 9.59 Å². The number of carbonyl (C=O) groups is 1. The molecule has 2 heterocycles. The fraction of sp³-hybridized carbons (Fsp3) is 0.267. The molecule has 1 amide bonds. The molecule has 2 aromatic rings. The molecular weight excluding hydrogens is 254 g/mol. The predicted molar refractivity (Wildman–Crippen MR) is 76.4 cm³/mol. The number of rotatable bonds is 3. The molecule has 0 bridgehead atoms. The van der Waals surface area contributed by atoms with Crippen LogP contribution in [0.5, 0.6) is 0 Å². The number of aromatic nitrogens is 2. The number of nitrogens with one attached hydrogen (secondary N) is 2. The van der Waals surface area contributed by atoms with Gasteiger partial charge in [0, 0.05) is 23.7 Å². The molecule has 0 aromatic carbocycles. The van der Waals surface area contributed by atoms with Gasteiger partial charge in [-0.25, -0.2) is 4.98 Å². The van der Waals surface area contributed by atoms with Crippen LogP contribution >= 0.6 is 0 Å². The van der Waals surface area contributed by atoms with Crippen LogP contribution in [0.25, 0.3) is 11.3 Å². The molecule has 1 aliphatic rings. The Kier molecular flexibility index (Phi) is 3.10. The van der Waals surface area contributed by atoms with Gasteiger partial charge in [0.05, 0.1) is 5.69 Å². The van der Waals surface area contributed by atoms with Crippen LogP contribution in [0.15, 0.2) is 35.3 Å². The van der Waals surface area contributed by atoms with Gasteiger partial charge in [0.15, 0.2) is 0 Å². The summed E-state index contributed by atoms with van der Waals surface area (Å²) in [6.45, 7) is 1.94. The molecule has 0 saturated heterocycles. The molecule has 0 unspecified atom stereocenters. The monoisotopic (exact) mass is 269 g/mol. The average molecular weight is 269 g/mol. The minimum Gasteiger partial charge on any atom is -0.328 e. The van der Waals surface area contributed by atoms with E-state index in [2.05, 4.69) is 15.3 Å². The topological polar surface area (TPSA) is 74.8 Å². The second-order valence-electron chi connectivity index (χ2n) is 5.07. The van der Waals surface area contributed by atoms with Gasteiger partial charge in [0.2, 0.25) is 11.5 Å². The number of anilines is 1. The van der Waals surface area contributed by atoms with E-state index < -0.39 is 0 Å². The maximum absolute atomic E-state index is 11.8. The van der Waals surface area contributed by atoms with Crippen molar-refractivity contribution in [1.29, 1.82) is 0 Å². The Labute approximate surface area is 116 Å². The van der Waals surface area contributed by atoms with Crippen molar-refractivity contribution in [2.75, 3.05) is 5.32 Å². The number of hydrogen-bond acceptors (Lipinski definition) is 3. The maximum atomic E-state index is 11.8. The quantitative estimate of drug-likeness (QED) is 0.896. The smallest absolute Gasteiger partial charge is 0.247 e. The average Bonchev–Trinajstić information content (AvgIpc) is 3.26. The zero-order chi connectivity index (χ0) is 14.1. The summed E-state index contributed by atoms with van der Waals surface area (Å²) in [5.74, 6) is 0.733. The van der Waals surface area contributed by atoms with Gasteiger partial charge in [-0.05, 0) is 37.5 Å². The normalized spacial score (nSPS) is 14.1. The van der Waals surface area contributed by atoms with Crippen LogP contribution < -0.4 is 10.9 Å². The van der Waals surface area contributed by atoms with E-state index in [1.807, 2.05) is 13.0 Å². The molecule has 2 aromatic heterocycles. The highest BCUT2D eigenvalue weighted by Crippen LogP contribution is 2.30. The summed E-state index contributed by atoms with van der Waals surface area (Å²) in [7, 11) is 0. The lowest BCUT2D eigenvalue weighted by atomic mass is 10.1. The van der Waals surface area contributed by atoms with Crippen LogP contribution in [-0.2, 0) is 4.79 Å². The molecule has 0 aliphatic heterocycles. The number of carbonyl (C=O) groups excluding carboxylic acids is 1. The minimum atomic E-state index is -0.149. The van der Waals surface area contributed by atoms with E-state index in [1.54, 1.807) is 18.3 Å². The van der Waals surface area contributed by atoms with Crippen LogP contribution in [0.4, 0.5) is 5.82 Å². The van der Waals surface area contributed by atoms with E-state index in [4.69, 9.17) is 0 Å². The lowest BCUT2D eigenvalue weighted by Crippen LogP contribution is -2.14. The van der Waals surface area contributed by atoms with Crippen LogP contribution in [0.2, 0.25) is 0 Å². The number of hydrogen-bond donors (Lipinski definition) is 2. The van der Waals surface area contributed by atoms with Gasteiger partial charge in [0.25, 0.3) is 0 Å². The minimum absolute atomic E-state index is 0.0359. The fourth-order valence-electron chi connectivity index (χ4n) is 2.02. The molecule has 102 valence electrons. The molecule has 0 spiro atoms. The van der Waals surface area contributed by atoms with E-state index in [0.717, 1.165) is 29.7 Å². The first-order valence-electron chi connectivity index (χ1n) is 6.61. The van der Waals surface area contributed by atoms with Crippen molar-refractivity contribution in [3.05, 3.63) is 46.4 Å². The number of H-pyrrole nitrogens is 1. The van der Waals surface area contributed by atoms with Gasteiger partial charge in [0.1, 0.15) is 5.82 Å². The molecule has 20 heavy (non-hydrogen) atoms. The highest BCUT2D eigenvalue weighted by atomic mass is 16.2. The molecule has 0 radical (unpaired) electrons. The number of aromatic amines is 1. The van der Waals surface area contributed by atoms with Crippen molar-refractivity contribution >= 4 is 11.7 Å². The van der Waals surface area contributed by atoms with Crippen LogP contribution in [0.3, 0.4) is 0 Å². The highest BCUT2D eigenvalue weighted by molar-refractivity contribution is 5.93. The van der Waals surface area contributed by atoms with E-state index in [9.17, 15) is 9.59 Å². The van der Waals surface area contributed by atoms with Crippen molar-refractivity contribution in [3.63, 3.8) is 0 Å². The Bertz CT molecular complexity index is 697. The van der Waals surface area contributed by atoms with E-state index in [0.29, 0.717) is 5.82 Å². The summed E-state index contributed by atoms with van der Waals surface area (Å²) < 4.78 is 0. The Balaban J connectivity index is 1.91. The fourth-order valence-corrected chi connectivity index (χ4v) is 2.02. The summed E-state index contributed by atoms with van der Waals surface area (Å²) in [5, 5.41) is 2.83. The third kappa shape index (κ3) is 2.61. The second-order valence-corrected chi connectivity index (χ2v) is 5.07. The standard InChI is InChI=1S/C15H15N3O2/c1-9-2-6-12(18-15(20)10-3-4-10)17-14(9)11-5-7-13(19)16-8-11/h2,5-8,10H,3-4H2,1H3,(H,16,19)(H,17,18,20). The first-order valence-corrected chi connectivity index (χ1v) is 6.61. The van der Waals surface area contributed by atoms with Crippen LogP contribution in [-0.4, -0.2) is 15.9 Å². The summed E-state index contributed by atoms with van der Waals surface area (Å²) in [6, 6.07) is 6.90. The maximum Gasteiger partial charge on any atom is 0.247 e. The largest absolute Gasteiger partial charge is 0.328 e. The van der Waals surface area contributed by atoms with Crippen LogP contribution in [0.1, 0.15) is 18.4 Å². The predicted octanol–water partition coefficient (Wildman–Crippen LogP) is 2.09.